The van der Waals surface area contributed by atoms with Crippen LogP contribution >= 0.6 is 0 Å². The van der Waals surface area contributed by atoms with Gasteiger partial charge in [0.25, 0.3) is 0 Å². The molecule has 2 unspecified atom stereocenters. The number of nitrogens with zero attached hydrogens (tertiary/aromatic N) is 1. The lowest BCUT2D eigenvalue weighted by Crippen LogP contribution is -2.48. The van der Waals surface area contributed by atoms with E-state index >= 15 is 0 Å². The van der Waals surface area contributed by atoms with Crippen LogP contribution in [-0.2, 0) is 4.79 Å². The number of amides is 1. The van der Waals surface area contributed by atoms with Crippen molar-refractivity contribution in [2.45, 2.75) is 47.0 Å². The standard InChI is InChI=1S/C13H21F4NO/c1-11(2,3)8-6-18(7-9(8)14)10(19)12(4,5)13(15,16)17/h8-9H,6-7H2,1-5H3. The normalized spacial score (nSPS) is 25.8. The Balaban J connectivity index is 2.88. The van der Waals surface area contributed by atoms with E-state index in [1.165, 1.54) is 0 Å². The van der Waals surface area contributed by atoms with Gasteiger partial charge in [-0.3, -0.25) is 4.79 Å². The Morgan fingerprint density at radius 2 is 1.53 bits per heavy atom. The van der Waals surface area contributed by atoms with E-state index in [-0.39, 0.29) is 18.5 Å². The molecule has 2 nitrogen and oxygen atoms in total. The van der Waals surface area contributed by atoms with E-state index in [1.54, 1.807) is 0 Å². The highest BCUT2D eigenvalue weighted by Crippen LogP contribution is 2.42. The summed E-state index contributed by atoms with van der Waals surface area (Å²) in [5.41, 5.74) is -2.85. The Morgan fingerprint density at radius 1 is 1.05 bits per heavy atom. The van der Waals surface area contributed by atoms with Gasteiger partial charge in [-0.15, -0.1) is 0 Å². The van der Waals surface area contributed by atoms with Crippen molar-refractivity contribution in [2.24, 2.45) is 16.7 Å². The van der Waals surface area contributed by atoms with E-state index in [0.29, 0.717) is 0 Å². The number of halogens is 4. The minimum atomic E-state index is -4.63. The molecule has 6 heteroatoms. The minimum Gasteiger partial charge on any atom is -0.339 e. The topological polar surface area (TPSA) is 20.3 Å². The van der Waals surface area contributed by atoms with Crippen molar-refractivity contribution < 1.29 is 22.4 Å². The van der Waals surface area contributed by atoms with Gasteiger partial charge in [0.15, 0.2) is 0 Å². The molecule has 1 aliphatic rings. The maximum Gasteiger partial charge on any atom is 0.402 e. The van der Waals surface area contributed by atoms with E-state index in [9.17, 15) is 22.4 Å². The van der Waals surface area contributed by atoms with Crippen LogP contribution in [0.25, 0.3) is 0 Å². The zero-order valence-electron chi connectivity index (χ0n) is 11.9. The number of likely N-dealkylation sites (tertiary alicyclic amines) is 1. The summed E-state index contributed by atoms with van der Waals surface area (Å²) in [7, 11) is 0. The summed E-state index contributed by atoms with van der Waals surface area (Å²) >= 11 is 0. The summed E-state index contributed by atoms with van der Waals surface area (Å²) in [6, 6.07) is 0. The van der Waals surface area contributed by atoms with Crippen LogP contribution in [0.4, 0.5) is 17.6 Å². The Hall–Kier alpha value is -0.810. The lowest BCUT2D eigenvalue weighted by molar-refractivity contribution is -0.216. The molecule has 0 saturated carbocycles. The van der Waals surface area contributed by atoms with Crippen molar-refractivity contribution in [3.05, 3.63) is 0 Å². The predicted octanol–water partition coefficient (Wildman–Crippen LogP) is 3.42. The van der Waals surface area contributed by atoms with Gasteiger partial charge in [-0.2, -0.15) is 13.2 Å². The smallest absolute Gasteiger partial charge is 0.339 e. The number of carbonyl (C=O) groups excluding carboxylic acids is 1. The van der Waals surface area contributed by atoms with Crippen LogP contribution < -0.4 is 0 Å². The second-order valence-electron chi connectivity index (χ2n) is 6.82. The highest BCUT2D eigenvalue weighted by molar-refractivity contribution is 5.83. The molecule has 0 aromatic carbocycles. The molecule has 0 aliphatic carbocycles. The lowest BCUT2D eigenvalue weighted by Gasteiger charge is -2.32. The van der Waals surface area contributed by atoms with Crippen molar-refractivity contribution in [1.29, 1.82) is 0 Å². The van der Waals surface area contributed by atoms with E-state index in [4.69, 9.17) is 0 Å². The zero-order valence-corrected chi connectivity index (χ0v) is 11.9. The summed E-state index contributed by atoms with van der Waals surface area (Å²) in [5, 5.41) is 0. The molecule has 0 N–H and O–H groups in total. The Kier molecular flexibility index (Phi) is 3.96. The monoisotopic (exact) mass is 283 g/mol. The fourth-order valence-corrected chi connectivity index (χ4v) is 2.26. The molecule has 0 aromatic rings. The minimum absolute atomic E-state index is 0.0447. The van der Waals surface area contributed by atoms with Gasteiger partial charge < -0.3 is 4.90 Å². The second kappa shape index (κ2) is 4.63. The molecule has 0 spiro atoms. The first-order valence-corrected chi connectivity index (χ1v) is 6.28. The molecular weight excluding hydrogens is 262 g/mol. The van der Waals surface area contributed by atoms with E-state index in [0.717, 1.165) is 18.7 Å². The molecule has 1 fully saturated rings. The summed E-state index contributed by atoms with van der Waals surface area (Å²) in [4.78, 5) is 13.0. The first-order chi connectivity index (χ1) is 8.28. The van der Waals surface area contributed by atoms with Crippen LogP contribution in [0.1, 0.15) is 34.6 Å². The molecule has 112 valence electrons. The van der Waals surface area contributed by atoms with E-state index in [2.05, 4.69) is 0 Å². The van der Waals surface area contributed by atoms with E-state index in [1.807, 2.05) is 20.8 Å². The molecule has 0 bridgehead atoms. The first kappa shape index (κ1) is 16.2. The number of hydrogen-bond donors (Lipinski definition) is 0. The molecule has 19 heavy (non-hydrogen) atoms. The average Bonchev–Trinajstić information content (AvgIpc) is 2.56. The van der Waals surface area contributed by atoms with Gasteiger partial charge >= 0.3 is 6.18 Å². The fourth-order valence-electron chi connectivity index (χ4n) is 2.26. The van der Waals surface area contributed by atoms with Crippen LogP contribution in [-0.4, -0.2) is 36.2 Å². The highest BCUT2D eigenvalue weighted by Gasteiger charge is 2.56. The van der Waals surface area contributed by atoms with Gasteiger partial charge in [-0.05, 0) is 19.3 Å². The largest absolute Gasteiger partial charge is 0.402 e. The molecule has 1 rings (SSSR count). The average molecular weight is 283 g/mol. The summed E-state index contributed by atoms with van der Waals surface area (Å²) in [6.45, 7) is 6.95. The third-order valence-electron chi connectivity index (χ3n) is 3.89. The van der Waals surface area contributed by atoms with Gasteiger partial charge in [0.1, 0.15) is 11.6 Å². The Labute approximate surface area is 111 Å². The number of alkyl halides is 4. The van der Waals surface area contributed by atoms with Crippen LogP contribution in [0.5, 0.6) is 0 Å². The van der Waals surface area contributed by atoms with Crippen LogP contribution in [0.3, 0.4) is 0 Å². The van der Waals surface area contributed by atoms with Gasteiger partial charge in [0.2, 0.25) is 5.91 Å². The van der Waals surface area contributed by atoms with Crippen molar-refractivity contribution >= 4 is 5.91 Å². The van der Waals surface area contributed by atoms with Crippen LogP contribution in [0.15, 0.2) is 0 Å². The zero-order chi connectivity index (χ0) is 15.2. The van der Waals surface area contributed by atoms with Crippen LogP contribution in [0.2, 0.25) is 0 Å². The first-order valence-electron chi connectivity index (χ1n) is 6.28. The number of hydrogen-bond acceptors (Lipinski definition) is 1. The lowest BCUT2D eigenvalue weighted by atomic mass is 9.79. The summed E-state index contributed by atoms with van der Waals surface area (Å²) < 4.78 is 52.4. The second-order valence-corrected chi connectivity index (χ2v) is 6.82. The molecule has 2 atom stereocenters. The molecule has 1 amide bonds. The fraction of sp³-hybridized carbons (Fsp3) is 0.923. The maximum atomic E-state index is 13.9. The predicted molar refractivity (Wildman–Crippen MR) is 64.3 cm³/mol. The molecule has 1 saturated heterocycles. The van der Waals surface area contributed by atoms with Gasteiger partial charge in [-0.1, -0.05) is 20.8 Å². The highest BCUT2D eigenvalue weighted by atomic mass is 19.4. The van der Waals surface area contributed by atoms with Gasteiger partial charge in [0.05, 0.1) is 6.54 Å². The number of carbonyl (C=O) groups is 1. The van der Waals surface area contributed by atoms with E-state index < -0.39 is 29.6 Å². The van der Waals surface area contributed by atoms with Crippen molar-refractivity contribution in [1.82, 2.24) is 4.90 Å². The Morgan fingerprint density at radius 3 is 1.84 bits per heavy atom. The molecular formula is C13H21F4NO. The quantitative estimate of drug-likeness (QED) is 0.675. The van der Waals surface area contributed by atoms with Gasteiger partial charge in [0, 0.05) is 12.5 Å². The van der Waals surface area contributed by atoms with Gasteiger partial charge in [-0.25, -0.2) is 4.39 Å². The SMILES string of the molecule is CC(C)(C)C1CN(C(=O)C(C)(C)C(F)(F)F)CC1F. The summed E-state index contributed by atoms with van der Waals surface area (Å²) in [5.74, 6) is -1.48. The van der Waals surface area contributed by atoms with Crippen LogP contribution in [0, 0.1) is 16.7 Å². The molecule has 1 heterocycles. The molecule has 0 aromatic heterocycles. The maximum absolute atomic E-state index is 13.9. The van der Waals surface area contributed by atoms with Crippen molar-refractivity contribution in [3.63, 3.8) is 0 Å². The van der Waals surface area contributed by atoms with Crippen molar-refractivity contribution in [2.75, 3.05) is 13.1 Å². The number of rotatable bonds is 1. The molecule has 1 aliphatic heterocycles. The summed E-state index contributed by atoms with van der Waals surface area (Å²) in [6.07, 6.45) is -5.90. The van der Waals surface area contributed by atoms with Crippen molar-refractivity contribution in [3.8, 4) is 0 Å². The third-order valence-corrected chi connectivity index (χ3v) is 3.89. The molecule has 0 radical (unpaired) electrons. The Bertz CT molecular complexity index is 357. The third kappa shape index (κ3) is 3.03.